The smallest absolute Gasteiger partial charge is 0.119 e. The van der Waals surface area contributed by atoms with Crippen LogP contribution in [0.1, 0.15) is 30.1 Å². The molecule has 22 heavy (non-hydrogen) atoms. The number of nitrogens with one attached hydrogen (secondary N) is 1. The van der Waals surface area contributed by atoms with Crippen LogP contribution in [0.3, 0.4) is 0 Å². The van der Waals surface area contributed by atoms with Crippen molar-refractivity contribution in [1.29, 1.82) is 0 Å². The molecule has 0 bridgehead atoms. The first-order valence-corrected chi connectivity index (χ1v) is 7.80. The van der Waals surface area contributed by atoms with Crippen molar-refractivity contribution in [2.45, 2.75) is 25.5 Å². The Bertz CT molecular complexity index is 608. The van der Waals surface area contributed by atoms with Crippen molar-refractivity contribution in [3.63, 3.8) is 0 Å². The first-order chi connectivity index (χ1) is 10.7. The van der Waals surface area contributed by atoms with E-state index in [1.165, 1.54) is 5.56 Å². The molecular weight excluding hydrogens is 274 g/mol. The molecular formula is C19H23NO2. The molecule has 1 saturated carbocycles. The summed E-state index contributed by atoms with van der Waals surface area (Å²) in [6.45, 7) is 1.63. The van der Waals surface area contributed by atoms with E-state index in [1.807, 2.05) is 48.5 Å². The van der Waals surface area contributed by atoms with Gasteiger partial charge in [0.05, 0.1) is 13.2 Å². The van der Waals surface area contributed by atoms with Gasteiger partial charge in [0.15, 0.2) is 0 Å². The molecule has 0 heterocycles. The number of aliphatic hydroxyl groups excluding tert-OH is 1. The minimum Gasteiger partial charge on any atom is -0.497 e. The number of aliphatic hydroxyl groups is 1. The Morgan fingerprint density at radius 1 is 1.14 bits per heavy atom. The summed E-state index contributed by atoms with van der Waals surface area (Å²) in [7, 11) is 1.68. The molecule has 0 spiro atoms. The molecule has 1 atom stereocenters. The molecule has 2 aromatic carbocycles. The zero-order chi connectivity index (χ0) is 15.4. The van der Waals surface area contributed by atoms with Crippen molar-refractivity contribution < 1.29 is 9.84 Å². The van der Waals surface area contributed by atoms with E-state index in [9.17, 15) is 5.11 Å². The van der Waals surface area contributed by atoms with Gasteiger partial charge in [0.2, 0.25) is 0 Å². The Balaban J connectivity index is 1.57. The average Bonchev–Trinajstić information content (AvgIpc) is 3.36. The van der Waals surface area contributed by atoms with Gasteiger partial charge in [-0.05, 0) is 36.1 Å². The second kappa shape index (κ2) is 6.51. The summed E-state index contributed by atoms with van der Waals surface area (Å²) in [5.74, 6) is 0.879. The predicted octanol–water partition coefficient (Wildman–Crippen LogP) is 3.30. The molecule has 2 N–H and O–H groups in total. The number of methoxy groups -OCH3 is 1. The van der Waals surface area contributed by atoms with Crippen LogP contribution in [0.5, 0.6) is 5.75 Å². The van der Waals surface area contributed by atoms with Crippen LogP contribution in [0.15, 0.2) is 54.6 Å². The molecule has 2 aromatic rings. The largest absolute Gasteiger partial charge is 0.497 e. The van der Waals surface area contributed by atoms with Crippen LogP contribution in [0, 0.1) is 5.41 Å². The minimum atomic E-state index is -0.383. The maximum Gasteiger partial charge on any atom is 0.119 e. The molecule has 0 radical (unpaired) electrons. The van der Waals surface area contributed by atoms with E-state index in [-0.39, 0.29) is 11.5 Å². The third-order valence-corrected chi connectivity index (χ3v) is 4.53. The van der Waals surface area contributed by atoms with Crippen LogP contribution in [0.2, 0.25) is 0 Å². The van der Waals surface area contributed by atoms with Gasteiger partial charge in [-0.2, -0.15) is 0 Å². The number of benzene rings is 2. The summed E-state index contributed by atoms with van der Waals surface area (Å²) in [5, 5.41) is 14.1. The van der Waals surface area contributed by atoms with Gasteiger partial charge >= 0.3 is 0 Å². The molecule has 0 saturated heterocycles. The van der Waals surface area contributed by atoms with Gasteiger partial charge in [-0.3, -0.25) is 0 Å². The van der Waals surface area contributed by atoms with Crippen LogP contribution in [0.25, 0.3) is 0 Å². The SMILES string of the molecule is COc1cccc(CNCC2(C(O)c3ccccc3)CC2)c1. The third kappa shape index (κ3) is 3.32. The van der Waals surface area contributed by atoms with Gasteiger partial charge in [0.1, 0.15) is 5.75 Å². The number of ether oxygens (including phenoxy) is 1. The van der Waals surface area contributed by atoms with E-state index < -0.39 is 0 Å². The van der Waals surface area contributed by atoms with Crippen LogP contribution in [-0.4, -0.2) is 18.8 Å². The highest BCUT2D eigenvalue weighted by Gasteiger charge is 2.48. The zero-order valence-corrected chi connectivity index (χ0v) is 13.0. The Kier molecular flexibility index (Phi) is 4.46. The fourth-order valence-corrected chi connectivity index (χ4v) is 2.93. The fraction of sp³-hybridized carbons (Fsp3) is 0.368. The van der Waals surface area contributed by atoms with Crippen molar-refractivity contribution in [3.05, 3.63) is 65.7 Å². The van der Waals surface area contributed by atoms with Gasteiger partial charge in [-0.25, -0.2) is 0 Å². The van der Waals surface area contributed by atoms with E-state index >= 15 is 0 Å². The standard InChI is InChI=1S/C19H23NO2/c1-22-17-9-5-6-15(12-17)13-20-14-19(10-11-19)18(21)16-7-3-2-4-8-16/h2-9,12,18,20-21H,10-11,13-14H2,1H3. The van der Waals surface area contributed by atoms with E-state index in [4.69, 9.17) is 4.74 Å². The van der Waals surface area contributed by atoms with Gasteiger partial charge in [-0.15, -0.1) is 0 Å². The second-order valence-corrected chi connectivity index (χ2v) is 6.13. The van der Waals surface area contributed by atoms with Crippen LogP contribution in [-0.2, 0) is 6.54 Å². The molecule has 116 valence electrons. The summed E-state index contributed by atoms with van der Waals surface area (Å²) in [4.78, 5) is 0. The lowest BCUT2D eigenvalue weighted by Crippen LogP contribution is -2.28. The number of hydrogen-bond acceptors (Lipinski definition) is 3. The van der Waals surface area contributed by atoms with Gasteiger partial charge in [0.25, 0.3) is 0 Å². The van der Waals surface area contributed by atoms with Crippen LogP contribution in [0.4, 0.5) is 0 Å². The fourth-order valence-electron chi connectivity index (χ4n) is 2.93. The first kappa shape index (κ1) is 15.1. The highest BCUT2D eigenvalue weighted by molar-refractivity contribution is 5.28. The molecule has 1 aliphatic rings. The summed E-state index contributed by atoms with van der Waals surface area (Å²) < 4.78 is 5.24. The topological polar surface area (TPSA) is 41.5 Å². The average molecular weight is 297 g/mol. The molecule has 3 heteroatoms. The summed E-state index contributed by atoms with van der Waals surface area (Å²) in [5.41, 5.74) is 2.22. The Labute approximate surface area is 131 Å². The zero-order valence-electron chi connectivity index (χ0n) is 13.0. The molecule has 3 rings (SSSR count). The highest BCUT2D eigenvalue weighted by Crippen LogP contribution is 2.54. The van der Waals surface area contributed by atoms with Crippen LogP contribution >= 0.6 is 0 Å². The van der Waals surface area contributed by atoms with Crippen molar-refractivity contribution in [3.8, 4) is 5.75 Å². The lowest BCUT2D eigenvalue weighted by Gasteiger charge is -2.23. The first-order valence-electron chi connectivity index (χ1n) is 7.80. The maximum absolute atomic E-state index is 10.6. The Morgan fingerprint density at radius 2 is 1.91 bits per heavy atom. The Hall–Kier alpha value is -1.84. The molecule has 0 aromatic heterocycles. The van der Waals surface area contributed by atoms with Gasteiger partial charge < -0.3 is 15.2 Å². The van der Waals surface area contributed by atoms with Crippen LogP contribution < -0.4 is 10.1 Å². The van der Waals surface area contributed by atoms with E-state index in [0.717, 1.165) is 37.2 Å². The molecule has 0 aliphatic heterocycles. The van der Waals surface area contributed by atoms with E-state index in [0.29, 0.717) is 0 Å². The number of hydrogen-bond donors (Lipinski definition) is 2. The summed E-state index contributed by atoms with van der Waals surface area (Å²) in [6.07, 6.45) is 1.77. The van der Waals surface area contributed by atoms with Crippen molar-refractivity contribution in [1.82, 2.24) is 5.32 Å². The molecule has 0 amide bonds. The van der Waals surface area contributed by atoms with E-state index in [2.05, 4.69) is 11.4 Å². The molecule has 3 nitrogen and oxygen atoms in total. The normalized spacial score (nSPS) is 17.0. The van der Waals surface area contributed by atoms with Gasteiger partial charge in [0, 0.05) is 18.5 Å². The minimum absolute atomic E-state index is 0.000218. The van der Waals surface area contributed by atoms with E-state index in [1.54, 1.807) is 7.11 Å². The number of rotatable bonds is 7. The predicted molar refractivity (Wildman–Crippen MR) is 87.8 cm³/mol. The summed E-state index contributed by atoms with van der Waals surface area (Å²) in [6, 6.07) is 18.0. The van der Waals surface area contributed by atoms with Crippen molar-refractivity contribution in [2.75, 3.05) is 13.7 Å². The second-order valence-electron chi connectivity index (χ2n) is 6.13. The van der Waals surface area contributed by atoms with Gasteiger partial charge in [-0.1, -0.05) is 42.5 Å². The highest BCUT2D eigenvalue weighted by atomic mass is 16.5. The quantitative estimate of drug-likeness (QED) is 0.824. The molecule has 1 fully saturated rings. The molecule has 1 aliphatic carbocycles. The van der Waals surface area contributed by atoms with Crippen molar-refractivity contribution in [2.24, 2.45) is 5.41 Å². The summed E-state index contributed by atoms with van der Waals surface area (Å²) >= 11 is 0. The monoisotopic (exact) mass is 297 g/mol. The maximum atomic E-state index is 10.6. The van der Waals surface area contributed by atoms with Crippen molar-refractivity contribution >= 4 is 0 Å². The lowest BCUT2D eigenvalue weighted by atomic mass is 9.92. The lowest BCUT2D eigenvalue weighted by molar-refractivity contribution is 0.0917. The Morgan fingerprint density at radius 3 is 2.59 bits per heavy atom. The molecule has 1 unspecified atom stereocenters. The third-order valence-electron chi connectivity index (χ3n) is 4.53.